The van der Waals surface area contributed by atoms with Gasteiger partial charge in [0.25, 0.3) is 0 Å². The summed E-state index contributed by atoms with van der Waals surface area (Å²) in [5.74, 6) is -0.176. The lowest BCUT2D eigenvalue weighted by atomic mass is 10.1. The Morgan fingerprint density at radius 2 is 1.89 bits per heavy atom. The van der Waals surface area contributed by atoms with Crippen molar-refractivity contribution >= 4 is 5.69 Å². The van der Waals surface area contributed by atoms with Crippen molar-refractivity contribution in [1.29, 1.82) is 0 Å². The number of benzene rings is 2. The molecule has 0 radical (unpaired) electrons. The molecule has 3 rings (SSSR count). The van der Waals surface area contributed by atoms with Crippen LogP contribution >= 0.6 is 0 Å². The van der Waals surface area contributed by atoms with Gasteiger partial charge in [0, 0.05) is 24.8 Å². The first-order valence-electron chi connectivity index (χ1n) is 6.50. The molecule has 1 unspecified atom stereocenters. The van der Waals surface area contributed by atoms with E-state index in [0.29, 0.717) is 0 Å². The molecule has 0 saturated heterocycles. The van der Waals surface area contributed by atoms with Crippen molar-refractivity contribution in [3.8, 4) is 0 Å². The molecule has 2 aromatic carbocycles. The van der Waals surface area contributed by atoms with Gasteiger partial charge in [-0.3, -0.25) is 4.90 Å². The van der Waals surface area contributed by atoms with Gasteiger partial charge < -0.3 is 5.73 Å². The molecule has 0 aliphatic carbocycles. The van der Waals surface area contributed by atoms with Crippen LogP contribution in [0.5, 0.6) is 0 Å². The van der Waals surface area contributed by atoms with Gasteiger partial charge in [-0.15, -0.1) is 0 Å². The highest BCUT2D eigenvalue weighted by atomic mass is 19.1. The average molecular weight is 256 g/mol. The number of hydrogen-bond acceptors (Lipinski definition) is 2. The Bertz CT molecular complexity index is 609. The lowest BCUT2D eigenvalue weighted by Gasteiger charge is -2.24. The number of anilines is 1. The van der Waals surface area contributed by atoms with E-state index in [1.54, 1.807) is 12.1 Å². The molecule has 0 aromatic heterocycles. The highest BCUT2D eigenvalue weighted by Gasteiger charge is 2.24. The van der Waals surface area contributed by atoms with Crippen LogP contribution in [-0.4, -0.2) is 4.90 Å². The lowest BCUT2D eigenvalue weighted by Crippen LogP contribution is -2.20. The van der Waals surface area contributed by atoms with E-state index < -0.39 is 0 Å². The Morgan fingerprint density at radius 3 is 2.68 bits per heavy atom. The van der Waals surface area contributed by atoms with E-state index in [1.165, 1.54) is 17.2 Å². The Balaban J connectivity index is 1.82. The predicted molar refractivity (Wildman–Crippen MR) is 74.9 cm³/mol. The van der Waals surface area contributed by atoms with Crippen molar-refractivity contribution in [1.82, 2.24) is 4.90 Å². The zero-order chi connectivity index (χ0) is 13.4. The van der Waals surface area contributed by atoms with Crippen molar-refractivity contribution in [2.45, 2.75) is 26.1 Å². The summed E-state index contributed by atoms with van der Waals surface area (Å²) in [5, 5.41) is 0. The normalized spacial score (nSPS) is 16.3. The van der Waals surface area contributed by atoms with Crippen molar-refractivity contribution < 1.29 is 4.39 Å². The van der Waals surface area contributed by atoms with Gasteiger partial charge in [0.05, 0.1) is 0 Å². The monoisotopic (exact) mass is 256 g/mol. The zero-order valence-corrected chi connectivity index (χ0v) is 10.9. The van der Waals surface area contributed by atoms with Gasteiger partial charge >= 0.3 is 0 Å². The first-order chi connectivity index (χ1) is 9.13. The molecule has 1 aliphatic rings. The fourth-order valence-electron chi connectivity index (χ4n) is 2.69. The van der Waals surface area contributed by atoms with Crippen LogP contribution in [0.15, 0.2) is 42.5 Å². The minimum atomic E-state index is -0.176. The number of fused-ring (bicyclic) bond motifs is 1. The summed E-state index contributed by atoms with van der Waals surface area (Å²) in [6.07, 6.45) is 0. The highest BCUT2D eigenvalue weighted by molar-refractivity contribution is 5.46. The SMILES string of the molecule is CC(c1cccc(F)c1)N1Cc2ccc(N)cc2C1. The summed E-state index contributed by atoms with van der Waals surface area (Å²) in [4.78, 5) is 2.33. The number of rotatable bonds is 2. The average Bonchev–Trinajstić information content (AvgIpc) is 2.80. The van der Waals surface area contributed by atoms with Crippen LogP contribution in [0, 0.1) is 5.82 Å². The Hall–Kier alpha value is -1.87. The van der Waals surface area contributed by atoms with E-state index in [9.17, 15) is 4.39 Å². The third kappa shape index (κ3) is 2.34. The molecule has 19 heavy (non-hydrogen) atoms. The van der Waals surface area contributed by atoms with Crippen molar-refractivity contribution in [2.75, 3.05) is 5.73 Å². The Labute approximate surface area is 112 Å². The van der Waals surface area contributed by atoms with Crippen LogP contribution in [0.3, 0.4) is 0 Å². The predicted octanol–water partition coefficient (Wildman–Crippen LogP) is 3.48. The number of halogens is 1. The minimum absolute atomic E-state index is 0.176. The summed E-state index contributed by atoms with van der Waals surface area (Å²) in [7, 11) is 0. The summed E-state index contributed by atoms with van der Waals surface area (Å²) in [6, 6.07) is 13.1. The Kier molecular flexibility index (Phi) is 2.99. The first kappa shape index (κ1) is 12.2. The molecule has 1 aliphatic heterocycles. The van der Waals surface area contributed by atoms with E-state index in [2.05, 4.69) is 17.9 Å². The van der Waals surface area contributed by atoms with Crippen LogP contribution in [-0.2, 0) is 13.1 Å². The first-order valence-corrected chi connectivity index (χ1v) is 6.50. The van der Waals surface area contributed by atoms with Crippen LogP contribution in [0.1, 0.15) is 29.7 Å². The van der Waals surface area contributed by atoms with Crippen LogP contribution < -0.4 is 5.73 Å². The van der Waals surface area contributed by atoms with Gasteiger partial charge in [-0.1, -0.05) is 18.2 Å². The second-order valence-corrected chi connectivity index (χ2v) is 5.16. The van der Waals surface area contributed by atoms with Crippen molar-refractivity contribution in [3.05, 3.63) is 65.0 Å². The van der Waals surface area contributed by atoms with Gasteiger partial charge in [0.15, 0.2) is 0 Å². The maximum Gasteiger partial charge on any atom is 0.123 e. The van der Waals surface area contributed by atoms with Crippen molar-refractivity contribution in [3.63, 3.8) is 0 Å². The van der Waals surface area contributed by atoms with E-state index in [-0.39, 0.29) is 11.9 Å². The molecule has 0 saturated carbocycles. The van der Waals surface area contributed by atoms with Gasteiger partial charge in [-0.05, 0) is 47.9 Å². The molecular weight excluding hydrogens is 239 g/mol. The third-order valence-electron chi connectivity index (χ3n) is 3.86. The number of hydrogen-bond donors (Lipinski definition) is 1. The van der Waals surface area contributed by atoms with E-state index in [4.69, 9.17) is 5.73 Å². The molecule has 3 heteroatoms. The molecule has 1 atom stereocenters. The Morgan fingerprint density at radius 1 is 1.11 bits per heavy atom. The summed E-state index contributed by atoms with van der Waals surface area (Å²) in [5.41, 5.74) is 10.2. The largest absolute Gasteiger partial charge is 0.399 e. The maximum absolute atomic E-state index is 13.3. The third-order valence-corrected chi connectivity index (χ3v) is 3.86. The summed E-state index contributed by atoms with van der Waals surface area (Å²) < 4.78 is 13.3. The second kappa shape index (κ2) is 4.67. The topological polar surface area (TPSA) is 29.3 Å². The van der Waals surface area contributed by atoms with Gasteiger partial charge in [-0.2, -0.15) is 0 Å². The van der Waals surface area contributed by atoms with E-state index in [1.807, 2.05) is 18.2 Å². The highest BCUT2D eigenvalue weighted by Crippen LogP contribution is 2.32. The standard InChI is InChI=1S/C16H17FN2/c1-11(12-3-2-4-15(17)7-12)19-9-13-5-6-16(18)8-14(13)10-19/h2-8,11H,9-10,18H2,1H3. The summed E-state index contributed by atoms with van der Waals surface area (Å²) in [6.45, 7) is 3.88. The zero-order valence-electron chi connectivity index (χ0n) is 10.9. The molecule has 0 bridgehead atoms. The molecule has 0 spiro atoms. The molecule has 0 amide bonds. The smallest absolute Gasteiger partial charge is 0.123 e. The maximum atomic E-state index is 13.3. The van der Waals surface area contributed by atoms with Crippen LogP contribution in [0.4, 0.5) is 10.1 Å². The van der Waals surface area contributed by atoms with Gasteiger partial charge in [0.2, 0.25) is 0 Å². The van der Waals surface area contributed by atoms with Crippen LogP contribution in [0.2, 0.25) is 0 Å². The minimum Gasteiger partial charge on any atom is -0.399 e. The molecule has 2 aromatic rings. The fourth-order valence-corrected chi connectivity index (χ4v) is 2.69. The van der Waals surface area contributed by atoms with Gasteiger partial charge in [0.1, 0.15) is 5.82 Å². The molecule has 2 nitrogen and oxygen atoms in total. The number of nitrogen functional groups attached to an aromatic ring is 1. The van der Waals surface area contributed by atoms with E-state index in [0.717, 1.165) is 24.3 Å². The molecule has 2 N–H and O–H groups in total. The van der Waals surface area contributed by atoms with Crippen LogP contribution in [0.25, 0.3) is 0 Å². The molecule has 98 valence electrons. The second-order valence-electron chi connectivity index (χ2n) is 5.16. The lowest BCUT2D eigenvalue weighted by molar-refractivity contribution is 0.214. The van der Waals surface area contributed by atoms with Crippen molar-refractivity contribution in [2.24, 2.45) is 0 Å². The molecular formula is C16H17FN2. The molecule has 1 heterocycles. The number of nitrogens with two attached hydrogens (primary N) is 1. The van der Waals surface area contributed by atoms with Gasteiger partial charge in [-0.25, -0.2) is 4.39 Å². The quantitative estimate of drug-likeness (QED) is 0.833. The fraction of sp³-hybridized carbons (Fsp3) is 0.250. The number of nitrogens with zero attached hydrogens (tertiary/aromatic N) is 1. The molecule has 0 fully saturated rings. The summed E-state index contributed by atoms with van der Waals surface area (Å²) >= 11 is 0. The van der Waals surface area contributed by atoms with E-state index >= 15 is 0 Å².